The molecule has 7 heterocycles. The zero-order valence-electron chi connectivity index (χ0n) is 67.8. The monoisotopic (exact) mass is 1590 g/mol. The number of nitrogens with zero attached hydrogens (tertiary/aromatic N) is 12. The Morgan fingerprint density at radius 3 is 1.77 bits per heavy atom. The van der Waals surface area contributed by atoms with E-state index in [4.69, 9.17) is 0 Å². The first-order valence-electron chi connectivity index (χ1n) is 39.8. The van der Waals surface area contributed by atoms with E-state index < -0.39 is 17.5 Å². The SMILES string of the molecule is CC(=O)N(C)CC1=CCCN(Cc2cc(F)c(F)cc2F)C1.CCCCN1CCC=C(CCNC(=O)c2cccs2)C1.CCCN1CCC=C(CN(CCc2ccc(F)cc2)C(C)=O)C1.CCN(C/C=C/c1ccccc1)C(=O)c1cc2cccnc2nc1C.CCN(C/C=C/c1ccccc1)C(=O)c1ccc(-n2cnnc2)cc1. The van der Waals surface area contributed by atoms with Crippen molar-refractivity contribution in [1.29, 1.82) is 0 Å². The fourth-order valence-corrected chi connectivity index (χ4v) is 13.8. The van der Waals surface area contributed by atoms with Crippen molar-refractivity contribution in [3.05, 3.63) is 290 Å². The molecular weight excluding hydrogens is 1480 g/mol. The molecule has 5 aromatic carbocycles. The Hall–Kier alpha value is -10.9. The number of hydrogen-bond acceptors (Lipinski definition) is 13. The second kappa shape index (κ2) is 48.4. The highest BCUT2D eigenvalue weighted by Crippen LogP contribution is 2.23. The number of thiophene rings is 1. The van der Waals surface area contributed by atoms with E-state index in [1.165, 1.54) is 67.5 Å². The number of halogens is 4. The zero-order valence-corrected chi connectivity index (χ0v) is 68.6. The molecule has 9 aromatic rings. The summed E-state index contributed by atoms with van der Waals surface area (Å²) in [7, 11) is 1.72. The van der Waals surface area contributed by atoms with E-state index in [0.717, 1.165) is 116 Å². The first-order chi connectivity index (χ1) is 55.7. The van der Waals surface area contributed by atoms with Crippen molar-refractivity contribution in [3.8, 4) is 5.69 Å². The Labute approximate surface area is 680 Å². The average molecular weight is 1590 g/mol. The quantitative estimate of drug-likeness (QED) is 0.0267. The molecule has 115 heavy (non-hydrogen) atoms. The summed E-state index contributed by atoms with van der Waals surface area (Å²) in [4.78, 5) is 84.2. The van der Waals surface area contributed by atoms with Crippen LogP contribution in [0.25, 0.3) is 28.9 Å². The topological polar surface area (TPSA) is 177 Å². The molecule has 4 aromatic heterocycles. The van der Waals surface area contributed by atoms with Crippen molar-refractivity contribution >= 4 is 64.1 Å². The summed E-state index contributed by atoms with van der Waals surface area (Å²) in [6, 6.07) is 45.0. The second-order valence-corrected chi connectivity index (χ2v) is 29.5. The third-order valence-electron chi connectivity index (χ3n) is 19.7. The van der Waals surface area contributed by atoms with Crippen LogP contribution in [0.3, 0.4) is 0 Å². The number of unbranched alkanes of at least 4 members (excludes halogenated alkanes) is 1. The highest BCUT2D eigenvalue weighted by Gasteiger charge is 2.22. The molecule has 0 aliphatic carbocycles. The third kappa shape index (κ3) is 30.5. The molecule has 0 unspecified atom stereocenters. The maximum absolute atomic E-state index is 13.7. The minimum Gasteiger partial charge on any atom is -0.351 e. The number of aryl methyl sites for hydroxylation is 1. The van der Waals surface area contributed by atoms with Crippen LogP contribution in [0.4, 0.5) is 17.6 Å². The molecule has 23 heteroatoms. The molecule has 608 valence electrons. The van der Waals surface area contributed by atoms with E-state index in [1.54, 1.807) is 54.4 Å². The molecule has 0 saturated heterocycles. The van der Waals surface area contributed by atoms with Gasteiger partial charge in [0.05, 0.1) is 16.1 Å². The van der Waals surface area contributed by atoms with Crippen molar-refractivity contribution < 1.29 is 41.5 Å². The Morgan fingerprint density at radius 2 is 1.17 bits per heavy atom. The van der Waals surface area contributed by atoms with Gasteiger partial charge in [-0.05, 0) is 179 Å². The van der Waals surface area contributed by atoms with Gasteiger partial charge in [-0.2, -0.15) is 0 Å². The average Bonchev–Trinajstić information content (AvgIpc) is 1.18. The van der Waals surface area contributed by atoms with Crippen LogP contribution in [-0.4, -0.2) is 200 Å². The summed E-state index contributed by atoms with van der Waals surface area (Å²) in [5, 5.41) is 13.4. The van der Waals surface area contributed by atoms with E-state index >= 15 is 0 Å². The van der Waals surface area contributed by atoms with Gasteiger partial charge in [0.25, 0.3) is 17.7 Å². The van der Waals surface area contributed by atoms with E-state index in [2.05, 4.69) is 67.4 Å². The lowest BCUT2D eigenvalue weighted by Gasteiger charge is -2.30. The summed E-state index contributed by atoms with van der Waals surface area (Å²) in [6.45, 7) is 26.6. The molecule has 3 aliphatic heterocycles. The number of rotatable bonds is 29. The predicted molar refractivity (Wildman–Crippen MR) is 454 cm³/mol. The third-order valence-corrected chi connectivity index (χ3v) is 20.6. The van der Waals surface area contributed by atoms with Gasteiger partial charge < -0.3 is 24.9 Å². The van der Waals surface area contributed by atoms with Crippen LogP contribution in [-0.2, 0) is 22.6 Å². The van der Waals surface area contributed by atoms with Gasteiger partial charge in [0.1, 0.15) is 24.3 Å². The van der Waals surface area contributed by atoms with Gasteiger partial charge in [0.2, 0.25) is 11.8 Å². The van der Waals surface area contributed by atoms with Crippen LogP contribution in [0, 0.1) is 30.2 Å². The van der Waals surface area contributed by atoms with Crippen molar-refractivity contribution in [2.75, 3.05) is 112 Å². The molecule has 0 atom stereocenters. The predicted octanol–water partition coefficient (Wildman–Crippen LogP) is 16.8. The van der Waals surface area contributed by atoms with Crippen molar-refractivity contribution in [3.63, 3.8) is 0 Å². The molecule has 0 spiro atoms. The normalized spacial score (nSPS) is 13.6. The van der Waals surface area contributed by atoms with Gasteiger partial charge in [-0.25, -0.2) is 27.5 Å². The van der Waals surface area contributed by atoms with Crippen molar-refractivity contribution in [1.82, 2.24) is 64.3 Å². The Bertz CT molecular complexity index is 4660. The van der Waals surface area contributed by atoms with Gasteiger partial charge in [0, 0.05) is 154 Å². The van der Waals surface area contributed by atoms with E-state index in [9.17, 15) is 41.5 Å². The van der Waals surface area contributed by atoms with Crippen molar-refractivity contribution in [2.45, 2.75) is 106 Å². The zero-order chi connectivity index (χ0) is 82.3. The van der Waals surface area contributed by atoms with E-state index in [-0.39, 0.29) is 47.5 Å². The Morgan fingerprint density at radius 1 is 0.583 bits per heavy atom. The number of likely N-dealkylation sites (N-methyl/N-ethyl adjacent to an activating group) is 3. The first kappa shape index (κ1) is 89.7. The van der Waals surface area contributed by atoms with E-state index in [0.29, 0.717) is 87.4 Å². The van der Waals surface area contributed by atoms with Crippen LogP contribution in [0.5, 0.6) is 0 Å². The molecule has 12 rings (SSSR count). The minimum atomic E-state index is -1.18. The number of pyridine rings is 2. The molecule has 3 aliphatic rings. The lowest BCUT2D eigenvalue weighted by molar-refractivity contribution is -0.128. The lowest BCUT2D eigenvalue weighted by atomic mass is 10.1. The number of nitrogens with one attached hydrogen (secondary N) is 1. The minimum absolute atomic E-state index is 0.00374. The number of aromatic nitrogens is 5. The van der Waals surface area contributed by atoms with Crippen molar-refractivity contribution in [2.24, 2.45) is 0 Å². The number of hydrogen-bond donors (Lipinski definition) is 1. The molecule has 1 N–H and O–H groups in total. The standard InChI is InChI=1S/C21H21N3O.C20H20N4O.C19H27FN2O.C16H19F3N2O.C16H24N2OS/c1-3-24(14-8-11-17-9-5-4-6-10-17)21(25)19-15-18-12-7-13-22-20(18)23-16(19)2;1-2-23(14-6-9-17-7-4-3-5-8-17)20(25)18-10-12-19(13-11-18)24-15-21-22-16-24;1-3-11-21-12-4-5-18(14-21)15-22(16(2)23)13-10-17-6-8-19(20)9-7-17;1-11(22)20(2)8-12-4-3-5-21(9-12)10-13-6-15(18)16(19)7-14(13)17;1-2-3-10-18-11-4-6-14(13-18)8-9-17-16(19)15-7-5-12-20-15/h4-13,15H,3,14H2,1-2H3;3-13,15-16H,2,14H2,1H3;5-9H,3-4,10-15H2,1-2H3;4,6-7H,3,5,8-10H2,1-2H3;5-7,12H,2-4,8-11,13H2,1H3,(H,17,19)/b11-8+;9-6+;;;. The van der Waals surface area contributed by atoms with Crippen LogP contribution in [0.2, 0.25) is 0 Å². The number of fused-ring (bicyclic) bond motifs is 1. The molecule has 5 amide bonds. The molecule has 0 fully saturated rings. The van der Waals surface area contributed by atoms with Gasteiger partial charge in [-0.3, -0.25) is 43.2 Å². The Kier molecular flexibility index (Phi) is 37.7. The smallest absolute Gasteiger partial charge is 0.261 e. The maximum atomic E-state index is 13.7. The number of benzene rings is 5. The first-order valence-corrected chi connectivity index (χ1v) is 40.7. The number of amides is 5. The fraction of sp³-hybridized carbons (Fsp3) is 0.359. The second-order valence-electron chi connectivity index (χ2n) is 28.5. The number of carbonyl (C=O) groups excluding carboxylic acids is 5. The summed E-state index contributed by atoms with van der Waals surface area (Å²) in [5.41, 5.74) is 10.9. The summed E-state index contributed by atoms with van der Waals surface area (Å²) < 4.78 is 54.6. The van der Waals surface area contributed by atoms with Crippen LogP contribution in [0.1, 0.15) is 145 Å². The largest absolute Gasteiger partial charge is 0.351 e. The summed E-state index contributed by atoms with van der Waals surface area (Å²) >= 11 is 1.49. The van der Waals surface area contributed by atoms with E-state index in [1.807, 2.05) is 185 Å². The van der Waals surface area contributed by atoms with Crippen LogP contribution < -0.4 is 5.32 Å². The fourth-order valence-electron chi connectivity index (χ4n) is 13.2. The molecular formula is C92H111F4N13O5S. The summed E-state index contributed by atoms with van der Waals surface area (Å²) in [5.74, 6) is -3.03. The number of carbonyl (C=O) groups is 5. The van der Waals surface area contributed by atoms with Gasteiger partial charge in [-0.1, -0.05) is 147 Å². The molecule has 0 radical (unpaired) electrons. The molecule has 18 nitrogen and oxygen atoms in total. The van der Waals surface area contributed by atoms with Crippen LogP contribution >= 0.6 is 11.3 Å². The lowest BCUT2D eigenvalue weighted by Crippen LogP contribution is -2.38. The van der Waals surface area contributed by atoms with Gasteiger partial charge >= 0.3 is 0 Å². The molecule has 0 bridgehead atoms. The van der Waals surface area contributed by atoms with Gasteiger partial charge in [-0.15, -0.1) is 21.5 Å². The molecule has 0 saturated carbocycles. The highest BCUT2D eigenvalue weighted by atomic mass is 32.1. The van der Waals surface area contributed by atoms with Crippen LogP contribution in [0.15, 0.2) is 223 Å². The van der Waals surface area contributed by atoms with Gasteiger partial charge in [0.15, 0.2) is 17.3 Å². The Balaban J connectivity index is 0.000000180. The summed E-state index contributed by atoms with van der Waals surface area (Å²) in [6.07, 6.45) is 28.2. The maximum Gasteiger partial charge on any atom is 0.261 e. The highest BCUT2D eigenvalue weighted by molar-refractivity contribution is 7.12.